The smallest absolute Gasteiger partial charge is 0.186 e. The van der Waals surface area contributed by atoms with Crippen LogP contribution in [0.5, 0.6) is 0 Å². The highest BCUT2D eigenvalue weighted by Gasteiger charge is 2.13. The Morgan fingerprint density at radius 1 is 1.12 bits per heavy atom. The van der Waals surface area contributed by atoms with Crippen LogP contribution >= 0.6 is 23.2 Å². The molecular weight excluding hydrogens is 151 g/mol. The van der Waals surface area contributed by atoms with Gasteiger partial charge in [-0.2, -0.15) is 0 Å². The number of hydrogen-bond donors (Lipinski definition) is 0. The van der Waals surface area contributed by atoms with Gasteiger partial charge in [0.25, 0.3) is 0 Å². The van der Waals surface area contributed by atoms with Gasteiger partial charge in [-0.1, -0.05) is 23.2 Å². The van der Waals surface area contributed by atoms with Gasteiger partial charge in [0.15, 0.2) is 11.1 Å². The maximum Gasteiger partial charge on any atom is 0.186 e. The van der Waals surface area contributed by atoms with Gasteiger partial charge in [-0.15, -0.1) is 0 Å². The molecule has 0 aromatic rings. The molecule has 0 aliphatic carbocycles. The first-order valence-electron chi connectivity index (χ1n) is 2.06. The molecule has 2 nitrogen and oxygen atoms in total. The minimum Gasteiger partial charge on any atom is -0.353 e. The minimum atomic E-state index is -0.620. The summed E-state index contributed by atoms with van der Waals surface area (Å²) < 4.78 is 9.35. The van der Waals surface area contributed by atoms with Gasteiger partial charge in [0.1, 0.15) is 0 Å². The molecule has 0 aliphatic heterocycles. The number of halogens is 2. The lowest BCUT2D eigenvalue weighted by Crippen LogP contribution is -2.20. The molecule has 4 heteroatoms. The zero-order valence-electron chi connectivity index (χ0n) is 4.73. The van der Waals surface area contributed by atoms with Crippen molar-refractivity contribution in [3.63, 3.8) is 0 Å². The second-order valence-corrected chi connectivity index (χ2v) is 2.34. The van der Waals surface area contributed by atoms with Crippen molar-refractivity contribution in [3.8, 4) is 0 Å². The van der Waals surface area contributed by atoms with Crippen molar-refractivity contribution in [1.82, 2.24) is 0 Å². The second kappa shape index (κ2) is 4.39. The second-order valence-electron chi connectivity index (χ2n) is 1.17. The number of hydrogen-bond acceptors (Lipinski definition) is 2. The Morgan fingerprint density at radius 2 is 1.50 bits per heavy atom. The highest BCUT2D eigenvalue weighted by atomic mass is 35.5. The molecule has 0 spiro atoms. The summed E-state index contributed by atoms with van der Waals surface area (Å²) in [6.45, 7) is 0. The van der Waals surface area contributed by atoms with Crippen LogP contribution in [0, 0.1) is 0 Å². The van der Waals surface area contributed by atoms with Crippen LogP contribution in [0.4, 0.5) is 0 Å². The Hall–Kier alpha value is 0.500. The molecule has 0 aromatic heterocycles. The molecule has 0 atom stereocenters. The van der Waals surface area contributed by atoms with E-state index >= 15 is 0 Å². The van der Waals surface area contributed by atoms with Crippen molar-refractivity contribution >= 4 is 23.2 Å². The topological polar surface area (TPSA) is 18.5 Å². The lowest BCUT2D eigenvalue weighted by Gasteiger charge is -2.12. The molecule has 0 fully saturated rings. The fourth-order valence-corrected chi connectivity index (χ4v) is 0.713. The van der Waals surface area contributed by atoms with E-state index in [1.54, 1.807) is 0 Å². The van der Waals surface area contributed by atoms with Gasteiger partial charge in [0, 0.05) is 14.2 Å². The van der Waals surface area contributed by atoms with Gasteiger partial charge >= 0.3 is 0 Å². The highest BCUT2D eigenvalue weighted by molar-refractivity contribution is 6.44. The van der Waals surface area contributed by atoms with Crippen molar-refractivity contribution in [2.24, 2.45) is 0 Å². The zero-order chi connectivity index (χ0) is 6.57. The predicted molar refractivity (Wildman–Crippen MR) is 33.3 cm³/mol. The van der Waals surface area contributed by atoms with E-state index in [9.17, 15) is 0 Å². The van der Waals surface area contributed by atoms with E-state index in [-0.39, 0.29) is 0 Å². The van der Waals surface area contributed by atoms with E-state index in [4.69, 9.17) is 23.2 Å². The van der Waals surface area contributed by atoms with E-state index in [0.717, 1.165) is 0 Å². The monoisotopic (exact) mass is 158 g/mol. The van der Waals surface area contributed by atoms with Crippen LogP contribution in [0.2, 0.25) is 0 Å². The van der Waals surface area contributed by atoms with Crippen LogP contribution in [0.3, 0.4) is 0 Å². The molecule has 0 rings (SSSR count). The van der Waals surface area contributed by atoms with Gasteiger partial charge in [-0.3, -0.25) is 0 Å². The standard InChI is InChI=1S/C4H8Cl2O2/c1-7-4(8-2)3(5)6/h3-4H,1-2H3. The number of ether oxygens (including phenoxy) is 2. The van der Waals surface area contributed by atoms with E-state index in [1.807, 2.05) is 0 Å². The molecule has 0 saturated carbocycles. The third-order valence-electron chi connectivity index (χ3n) is 0.670. The van der Waals surface area contributed by atoms with Crippen LogP contribution in [-0.2, 0) is 9.47 Å². The molecule has 0 saturated heterocycles. The normalized spacial score (nSPS) is 11.2. The van der Waals surface area contributed by atoms with E-state index in [2.05, 4.69) is 9.47 Å². The van der Waals surface area contributed by atoms with Gasteiger partial charge < -0.3 is 9.47 Å². The molecule has 0 amide bonds. The average Bonchev–Trinajstić information content (AvgIpc) is 1.69. The average molecular weight is 159 g/mol. The first-order chi connectivity index (χ1) is 3.72. The van der Waals surface area contributed by atoms with Crippen LogP contribution in [0.15, 0.2) is 0 Å². The van der Waals surface area contributed by atoms with Crippen molar-refractivity contribution in [3.05, 3.63) is 0 Å². The predicted octanol–water partition coefficient (Wildman–Crippen LogP) is 1.41. The fraction of sp³-hybridized carbons (Fsp3) is 1.00. The summed E-state index contributed by atoms with van der Waals surface area (Å²) in [5.41, 5.74) is 0. The summed E-state index contributed by atoms with van der Waals surface area (Å²) in [4.78, 5) is -0.620. The third kappa shape index (κ3) is 2.72. The molecular formula is C4H8Cl2O2. The Kier molecular flexibility index (Phi) is 4.66. The molecule has 0 N–H and O–H groups in total. The van der Waals surface area contributed by atoms with Gasteiger partial charge in [0.05, 0.1) is 0 Å². The van der Waals surface area contributed by atoms with Crippen LogP contribution in [-0.4, -0.2) is 25.3 Å². The summed E-state index contributed by atoms with van der Waals surface area (Å²) in [5, 5.41) is 0. The third-order valence-corrected chi connectivity index (χ3v) is 1.08. The Morgan fingerprint density at radius 3 is 1.50 bits per heavy atom. The lowest BCUT2D eigenvalue weighted by molar-refractivity contribution is -0.0915. The molecule has 0 heterocycles. The zero-order valence-corrected chi connectivity index (χ0v) is 6.24. The van der Waals surface area contributed by atoms with Crippen molar-refractivity contribution in [1.29, 1.82) is 0 Å². The van der Waals surface area contributed by atoms with Crippen molar-refractivity contribution in [2.75, 3.05) is 14.2 Å². The first kappa shape index (κ1) is 8.50. The first-order valence-corrected chi connectivity index (χ1v) is 2.93. The largest absolute Gasteiger partial charge is 0.353 e. The number of alkyl halides is 2. The number of methoxy groups -OCH3 is 2. The van der Waals surface area contributed by atoms with Crippen molar-refractivity contribution < 1.29 is 9.47 Å². The summed E-state index contributed by atoms with van der Waals surface area (Å²) in [6, 6.07) is 0. The summed E-state index contributed by atoms with van der Waals surface area (Å²) in [5.74, 6) is 0. The Labute approximate surface area is 58.7 Å². The van der Waals surface area contributed by atoms with Crippen molar-refractivity contribution in [2.45, 2.75) is 11.1 Å². The number of rotatable bonds is 3. The maximum absolute atomic E-state index is 5.36. The SMILES string of the molecule is COC(OC)C(Cl)Cl. The van der Waals surface area contributed by atoms with Crippen LogP contribution < -0.4 is 0 Å². The summed E-state index contributed by atoms with van der Waals surface area (Å²) in [6.07, 6.45) is -0.515. The van der Waals surface area contributed by atoms with E-state index < -0.39 is 11.1 Å². The molecule has 8 heavy (non-hydrogen) atoms. The molecule has 0 bridgehead atoms. The Balaban J connectivity index is 3.35. The fourth-order valence-electron chi connectivity index (χ4n) is 0.302. The molecule has 0 aromatic carbocycles. The van der Waals surface area contributed by atoms with E-state index in [0.29, 0.717) is 0 Å². The van der Waals surface area contributed by atoms with Crippen LogP contribution in [0.1, 0.15) is 0 Å². The summed E-state index contributed by atoms with van der Waals surface area (Å²) >= 11 is 10.7. The molecule has 0 unspecified atom stereocenters. The minimum absolute atomic E-state index is 0.515. The van der Waals surface area contributed by atoms with Gasteiger partial charge in [-0.05, 0) is 0 Å². The Bertz CT molecular complexity index is 54.0. The molecule has 0 radical (unpaired) electrons. The van der Waals surface area contributed by atoms with Gasteiger partial charge in [0.2, 0.25) is 0 Å². The molecule has 50 valence electrons. The quantitative estimate of drug-likeness (QED) is 0.457. The van der Waals surface area contributed by atoms with Gasteiger partial charge in [-0.25, -0.2) is 0 Å². The molecule has 0 aliphatic rings. The van der Waals surface area contributed by atoms with E-state index in [1.165, 1.54) is 14.2 Å². The van der Waals surface area contributed by atoms with Crippen LogP contribution in [0.25, 0.3) is 0 Å². The lowest BCUT2D eigenvalue weighted by atomic mass is 10.7. The maximum atomic E-state index is 5.36. The summed E-state index contributed by atoms with van der Waals surface area (Å²) in [7, 11) is 2.96. The highest BCUT2D eigenvalue weighted by Crippen LogP contribution is 2.10.